The molecule has 106 valence electrons. The van der Waals surface area contributed by atoms with E-state index >= 15 is 0 Å². The van der Waals surface area contributed by atoms with Crippen LogP contribution in [0.3, 0.4) is 0 Å². The van der Waals surface area contributed by atoms with Gasteiger partial charge in [-0.25, -0.2) is 4.98 Å². The molecule has 7 heteroatoms. The number of aryl methyl sites for hydroxylation is 2. The van der Waals surface area contributed by atoms with Crippen molar-refractivity contribution in [2.45, 2.75) is 26.8 Å². The molecule has 1 N–H and O–H groups in total. The highest BCUT2D eigenvalue weighted by Gasteiger charge is 2.15. The topological polar surface area (TPSA) is 68.1 Å². The second-order valence-corrected chi connectivity index (χ2v) is 6.87. The van der Waals surface area contributed by atoms with Gasteiger partial charge in [-0.15, -0.1) is 11.3 Å². The van der Waals surface area contributed by atoms with Crippen molar-refractivity contribution in [2.75, 3.05) is 5.32 Å². The lowest BCUT2D eigenvalue weighted by molar-refractivity contribution is -0.384. The third kappa shape index (κ3) is 3.26. The summed E-state index contributed by atoms with van der Waals surface area (Å²) in [5, 5.41) is 15.2. The van der Waals surface area contributed by atoms with Crippen LogP contribution >= 0.6 is 33.9 Å². The Morgan fingerprint density at radius 2 is 2.15 bits per heavy atom. The predicted molar refractivity (Wildman–Crippen MR) is 89.4 cm³/mol. The van der Waals surface area contributed by atoms with Crippen LogP contribution in [0.25, 0.3) is 0 Å². The Morgan fingerprint density at radius 3 is 2.65 bits per heavy atom. The summed E-state index contributed by atoms with van der Waals surface area (Å²) in [5.41, 5.74) is 2.04. The second-order valence-electron chi connectivity index (χ2n) is 4.47. The van der Waals surface area contributed by atoms with Gasteiger partial charge in [0.15, 0.2) is 0 Å². The van der Waals surface area contributed by atoms with Crippen molar-refractivity contribution in [3.05, 3.63) is 47.5 Å². The monoisotopic (exact) mass is 403 g/mol. The van der Waals surface area contributed by atoms with Crippen molar-refractivity contribution in [3.8, 4) is 0 Å². The number of hydrogen-bond donors (Lipinski definition) is 1. The maximum Gasteiger partial charge on any atom is 0.270 e. The fourth-order valence-corrected chi connectivity index (χ4v) is 3.57. The van der Waals surface area contributed by atoms with Crippen LogP contribution in [0, 0.1) is 27.5 Å². The minimum Gasteiger partial charge on any atom is -0.377 e. The largest absolute Gasteiger partial charge is 0.377 e. The van der Waals surface area contributed by atoms with Gasteiger partial charge in [-0.3, -0.25) is 10.1 Å². The van der Waals surface area contributed by atoms with Crippen LogP contribution in [-0.4, -0.2) is 9.91 Å². The third-order valence-corrected chi connectivity index (χ3v) is 5.02. The van der Waals surface area contributed by atoms with E-state index in [0.29, 0.717) is 0 Å². The number of aromatic nitrogens is 1. The SMILES string of the molecule is Cc1nc(C)c(C(C)Nc2ccc([N+](=O)[O-])cc2I)s1. The summed E-state index contributed by atoms with van der Waals surface area (Å²) in [6, 6.07) is 4.96. The fourth-order valence-electron chi connectivity index (χ4n) is 1.98. The smallest absolute Gasteiger partial charge is 0.270 e. The fraction of sp³-hybridized carbons (Fsp3) is 0.308. The molecule has 0 aliphatic heterocycles. The van der Waals surface area contributed by atoms with Gasteiger partial charge < -0.3 is 5.32 Å². The molecular weight excluding hydrogens is 389 g/mol. The molecular formula is C13H14IN3O2S. The van der Waals surface area contributed by atoms with Crippen molar-refractivity contribution in [3.63, 3.8) is 0 Å². The maximum atomic E-state index is 10.7. The van der Waals surface area contributed by atoms with E-state index in [2.05, 4.69) is 39.8 Å². The summed E-state index contributed by atoms with van der Waals surface area (Å²) in [5.74, 6) is 0. The molecule has 2 rings (SSSR count). The third-order valence-electron chi connectivity index (χ3n) is 2.87. The summed E-state index contributed by atoms with van der Waals surface area (Å²) in [7, 11) is 0. The highest BCUT2D eigenvalue weighted by Crippen LogP contribution is 2.30. The minimum absolute atomic E-state index is 0.109. The number of nitrogens with zero attached hydrogens (tertiary/aromatic N) is 2. The first-order chi connectivity index (χ1) is 9.38. The minimum atomic E-state index is -0.383. The van der Waals surface area contributed by atoms with Crippen molar-refractivity contribution >= 4 is 45.3 Å². The number of hydrogen-bond acceptors (Lipinski definition) is 5. The number of rotatable bonds is 4. The van der Waals surface area contributed by atoms with Crippen LogP contribution in [0.2, 0.25) is 0 Å². The first-order valence-electron chi connectivity index (χ1n) is 6.03. The number of nitrogens with one attached hydrogen (secondary N) is 1. The van der Waals surface area contributed by atoms with Gasteiger partial charge in [0, 0.05) is 26.3 Å². The first kappa shape index (κ1) is 15.2. The zero-order valence-electron chi connectivity index (χ0n) is 11.3. The quantitative estimate of drug-likeness (QED) is 0.466. The number of nitro groups is 1. The van der Waals surface area contributed by atoms with Crippen molar-refractivity contribution in [2.24, 2.45) is 0 Å². The molecule has 0 saturated heterocycles. The Morgan fingerprint density at radius 1 is 1.45 bits per heavy atom. The Hall–Kier alpha value is -1.22. The Kier molecular flexibility index (Phi) is 4.59. The normalized spacial score (nSPS) is 12.2. The number of halogens is 1. The van der Waals surface area contributed by atoms with Crippen molar-refractivity contribution < 1.29 is 4.92 Å². The van der Waals surface area contributed by atoms with E-state index in [1.165, 1.54) is 10.9 Å². The molecule has 0 aliphatic rings. The van der Waals surface area contributed by atoms with E-state index < -0.39 is 0 Å². The van der Waals surface area contributed by atoms with Crippen LogP contribution in [0.4, 0.5) is 11.4 Å². The summed E-state index contributed by atoms with van der Waals surface area (Å²) in [4.78, 5) is 16.0. The standard InChI is InChI=1S/C13H14IN3O2S/c1-7-13(20-9(3)15-7)8(2)16-12-5-4-10(17(18)19)6-11(12)14/h4-6,8,16H,1-3H3. The van der Waals surface area contributed by atoms with Gasteiger partial charge in [0.25, 0.3) is 5.69 Å². The van der Waals surface area contributed by atoms with E-state index in [0.717, 1.165) is 20.0 Å². The van der Waals surface area contributed by atoms with Gasteiger partial charge in [0.1, 0.15) is 0 Å². The van der Waals surface area contributed by atoms with E-state index in [9.17, 15) is 10.1 Å². The molecule has 1 atom stereocenters. The van der Waals surface area contributed by atoms with E-state index in [4.69, 9.17) is 0 Å². The molecule has 1 aromatic carbocycles. The predicted octanol–water partition coefficient (Wildman–Crippen LogP) is 4.45. The molecule has 1 heterocycles. The lowest BCUT2D eigenvalue weighted by Crippen LogP contribution is -2.07. The average Bonchev–Trinajstić information content (AvgIpc) is 2.70. The van der Waals surface area contributed by atoms with Crippen LogP contribution in [0.1, 0.15) is 28.5 Å². The summed E-state index contributed by atoms with van der Waals surface area (Å²) < 4.78 is 0.836. The van der Waals surface area contributed by atoms with Crippen molar-refractivity contribution in [1.29, 1.82) is 0 Å². The van der Waals surface area contributed by atoms with Crippen LogP contribution in [-0.2, 0) is 0 Å². The van der Waals surface area contributed by atoms with Gasteiger partial charge in [-0.1, -0.05) is 0 Å². The van der Waals surface area contributed by atoms with E-state index in [1.54, 1.807) is 23.5 Å². The van der Waals surface area contributed by atoms with Gasteiger partial charge in [0.05, 0.1) is 21.7 Å². The Labute approximate surface area is 134 Å². The zero-order valence-corrected chi connectivity index (χ0v) is 14.3. The molecule has 0 aliphatic carbocycles. The number of benzene rings is 1. The molecule has 0 amide bonds. The number of nitro benzene ring substituents is 1. The molecule has 1 aromatic heterocycles. The van der Waals surface area contributed by atoms with Gasteiger partial charge in [0.2, 0.25) is 0 Å². The Bertz CT molecular complexity index is 657. The summed E-state index contributed by atoms with van der Waals surface area (Å²) in [6.45, 7) is 6.05. The lowest BCUT2D eigenvalue weighted by atomic mass is 10.2. The summed E-state index contributed by atoms with van der Waals surface area (Å²) in [6.07, 6.45) is 0. The molecule has 2 aromatic rings. The first-order valence-corrected chi connectivity index (χ1v) is 7.92. The molecule has 0 radical (unpaired) electrons. The van der Waals surface area contributed by atoms with Gasteiger partial charge >= 0.3 is 0 Å². The van der Waals surface area contributed by atoms with E-state index in [-0.39, 0.29) is 16.7 Å². The molecule has 0 bridgehead atoms. The molecule has 0 spiro atoms. The molecule has 0 fully saturated rings. The highest BCUT2D eigenvalue weighted by molar-refractivity contribution is 14.1. The highest BCUT2D eigenvalue weighted by atomic mass is 127. The lowest BCUT2D eigenvalue weighted by Gasteiger charge is -2.15. The number of anilines is 1. The van der Waals surface area contributed by atoms with Crippen LogP contribution < -0.4 is 5.32 Å². The number of thiazole rings is 1. The summed E-state index contributed by atoms with van der Waals surface area (Å²) >= 11 is 3.78. The molecule has 20 heavy (non-hydrogen) atoms. The van der Waals surface area contributed by atoms with Gasteiger partial charge in [-0.05, 0) is 49.4 Å². The van der Waals surface area contributed by atoms with Crippen molar-refractivity contribution in [1.82, 2.24) is 4.98 Å². The van der Waals surface area contributed by atoms with Crippen LogP contribution in [0.5, 0.6) is 0 Å². The Balaban J connectivity index is 2.22. The molecule has 1 unspecified atom stereocenters. The van der Waals surface area contributed by atoms with E-state index in [1.807, 2.05) is 13.8 Å². The molecule has 5 nitrogen and oxygen atoms in total. The molecule has 0 saturated carbocycles. The zero-order chi connectivity index (χ0) is 14.9. The average molecular weight is 403 g/mol. The number of non-ortho nitro benzene ring substituents is 1. The van der Waals surface area contributed by atoms with Crippen LogP contribution in [0.15, 0.2) is 18.2 Å². The second kappa shape index (κ2) is 6.04. The van der Waals surface area contributed by atoms with Gasteiger partial charge in [-0.2, -0.15) is 0 Å². The maximum absolute atomic E-state index is 10.7.